The van der Waals surface area contributed by atoms with Crippen molar-refractivity contribution in [1.29, 1.82) is 0 Å². The van der Waals surface area contributed by atoms with Crippen LogP contribution in [0.15, 0.2) is 30.5 Å². The van der Waals surface area contributed by atoms with Gasteiger partial charge < -0.3 is 5.32 Å². The molecule has 106 valence electrons. The van der Waals surface area contributed by atoms with Crippen molar-refractivity contribution < 1.29 is 0 Å². The van der Waals surface area contributed by atoms with Crippen molar-refractivity contribution in [3.63, 3.8) is 0 Å². The fourth-order valence-corrected chi connectivity index (χ4v) is 2.58. The molecule has 0 amide bonds. The lowest BCUT2D eigenvalue weighted by Crippen LogP contribution is -2.24. The Kier molecular flexibility index (Phi) is 4.79. The molecule has 3 heteroatoms. The van der Waals surface area contributed by atoms with Crippen molar-refractivity contribution in [3.05, 3.63) is 63.4 Å². The van der Waals surface area contributed by atoms with E-state index < -0.39 is 0 Å². The van der Waals surface area contributed by atoms with Crippen LogP contribution in [0.4, 0.5) is 0 Å². The minimum Gasteiger partial charge on any atom is -0.305 e. The van der Waals surface area contributed by atoms with Crippen molar-refractivity contribution in [3.8, 4) is 0 Å². The van der Waals surface area contributed by atoms with E-state index in [1.54, 1.807) is 0 Å². The van der Waals surface area contributed by atoms with Crippen molar-refractivity contribution in [2.24, 2.45) is 0 Å². The summed E-state index contributed by atoms with van der Waals surface area (Å²) in [6.07, 6.45) is 1.92. The number of nitrogens with zero attached hydrogens (tertiary/aromatic N) is 1. The monoisotopic (exact) mass is 288 g/mol. The highest BCUT2D eigenvalue weighted by Gasteiger charge is 2.17. The molecule has 1 aromatic carbocycles. The molecule has 0 fully saturated rings. The van der Waals surface area contributed by atoms with Crippen molar-refractivity contribution in [2.75, 3.05) is 6.54 Å². The molecule has 20 heavy (non-hydrogen) atoms. The first-order valence-electron chi connectivity index (χ1n) is 6.95. The molecule has 1 atom stereocenters. The molecule has 2 aromatic rings. The van der Waals surface area contributed by atoms with Crippen molar-refractivity contribution in [1.82, 2.24) is 10.3 Å². The summed E-state index contributed by atoms with van der Waals surface area (Å²) in [5.74, 6) is 0. The average Bonchev–Trinajstić information content (AvgIpc) is 2.40. The highest BCUT2D eigenvalue weighted by atomic mass is 35.5. The summed E-state index contributed by atoms with van der Waals surface area (Å²) in [5, 5.41) is 4.30. The van der Waals surface area contributed by atoms with E-state index in [2.05, 4.69) is 49.3 Å². The van der Waals surface area contributed by atoms with E-state index >= 15 is 0 Å². The lowest BCUT2D eigenvalue weighted by molar-refractivity contribution is 0.611. The molecule has 1 N–H and O–H groups in total. The highest BCUT2D eigenvalue weighted by molar-refractivity contribution is 6.31. The maximum Gasteiger partial charge on any atom is 0.0754 e. The predicted octanol–water partition coefficient (Wildman–Crippen LogP) is 4.36. The van der Waals surface area contributed by atoms with Crippen LogP contribution >= 0.6 is 11.6 Å². The molecule has 0 aliphatic heterocycles. The molecule has 0 bridgehead atoms. The van der Waals surface area contributed by atoms with Crippen LogP contribution in [0.2, 0.25) is 5.02 Å². The van der Waals surface area contributed by atoms with Gasteiger partial charge in [0.2, 0.25) is 0 Å². The van der Waals surface area contributed by atoms with Crippen LogP contribution in [-0.4, -0.2) is 11.5 Å². The Labute approximate surface area is 126 Å². The van der Waals surface area contributed by atoms with Crippen molar-refractivity contribution in [2.45, 2.75) is 33.7 Å². The van der Waals surface area contributed by atoms with E-state index in [4.69, 9.17) is 11.6 Å². The summed E-state index contributed by atoms with van der Waals surface area (Å²) in [5.41, 5.74) is 5.70. The Balaban J connectivity index is 2.47. The van der Waals surface area contributed by atoms with Gasteiger partial charge in [0, 0.05) is 11.2 Å². The van der Waals surface area contributed by atoms with Crippen LogP contribution in [-0.2, 0) is 0 Å². The zero-order valence-corrected chi connectivity index (χ0v) is 13.3. The predicted molar refractivity (Wildman–Crippen MR) is 85.4 cm³/mol. The molecule has 2 rings (SSSR count). The molecule has 1 aromatic heterocycles. The maximum atomic E-state index is 6.26. The van der Waals surface area contributed by atoms with Gasteiger partial charge in [0.1, 0.15) is 0 Å². The van der Waals surface area contributed by atoms with Crippen LogP contribution < -0.4 is 5.32 Å². The number of hydrogen-bond donors (Lipinski definition) is 1. The quantitative estimate of drug-likeness (QED) is 0.904. The lowest BCUT2D eigenvalue weighted by atomic mass is 9.98. The van der Waals surface area contributed by atoms with Gasteiger partial charge in [0.25, 0.3) is 0 Å². The number of nitrogens with one attached hydrogen (secondary N) is 1. The summed E-state index contributed by atoms with van der Waals surface area (Å²) in [4.78, 5) is 4.62. The average molecular weight is 289 g/mol. The largest absolute Gasteiger partial charge is 0.305 e. The molecule has 0 aliphatic carbocycles. The Hall–Kier alpha value is -1.38. The van der Waals surface area contributed by atoms with Crippen LogP contribution in [0.1, 0.15) is 40.9 Å². The third-order valence-electron chi connectivity index (χ3n) is 3.47. The molecule has 1 heterocycles. The fourth-order valence-electron chi connectivity index (χ4n) is 2.39. The van der Waals surface area contributed by atoms with Gasteiger partial charge in [-0.15, -0.1) is 0 Å². The van der Waals surface area contributed by atoms with E-state index in [0.717, 1.165) is 28.4 Å². The van der Waals surface area contributed by atoms with E-state index in [1.807, 2.05) is 19.2 Å². The second kappa shape index (κ2) is 6.38. The number of halogens is 1. The standard InChI is InChI=1S/C17H21ClN2/c1-5-19-17(14-7-6-12(3)15(18)9-14)16-13(4)8-11(2)10-20-16/h6-10,17,19H,5H2,1-4H3. The Morgan fingerprint density at radius 2 is 1.90 bits per heavy atom. The van der Waals surface area contributed by atoms with Gasteiger partial charge in [-0.2, -0.15) is 0 Å². The van der Waals surface area contributed by atoms with Crippen LogP contribution in [0.5, 0.6) is 0 Å². The number of aromatic nitrogens is 1. The van der Waals surface area contributed by atoms with E-state index in [-0.39, 0.29) is 6.04 Å². The number of rotatable bonds is 4. The fraction of sp³-hybridized carbons (Fsp3) is 0.353. The SMILES string of the molecule is CCNC(c1ccc(C)c(Cl)c1)c1ncc(C)cc1C. The van der Waals surface area contributed by atoms with Gasteiger partial charge >= 0.3 is 0 Å². The molecule has 0 saturated heterocycles. The van der Waals surface area contributed by atoms with Crippen molar-refractivity contribution >= 4 is 11.6 Å². The number of pyridine rings is 1. The van der Waals surface area contributed by atoms with Gasteiger partial charge in [0.15, 0.2) is 0 Å². The highest BCUT2D eigenvalue weighted by Crippen LogP contribution is 2.27. The van der Waals surface area contributed by atoms with E-state index in [9.17, 15) is 0 Å². The molecule has 0 saturated carbocycles. The van der Waals surface area contributed by atoms with Gasteiger partial charge in [-0.25, -0.2) is 0 Å². The number of benzene rings is 1. The minimum atomic E-state index is 0.0821. The third-order valence-corrected chi connectivity index (χ3v) is 3.87. The topological polar surface area (TPSA) is 24.9 Å². The van der Waals surface area contributed by atoms with Crippen LogP contribution in [0.3, 0.4) is 0 Å². The molecular formula is C17H21ClN2. The molecule has 2 nitrogen and oxygen atoms in total. The van der Waals surface area contributed by atoms with Crippen LogP contribution in [0.25, 0.3) is 0 Å². The van der Waals surface area contributed by atoms with E-state index in [1.165, 1.54) is 11.1 Å². The zero-order valence-electron chi connectivity index (χ0n) is 12.5. The smallest absolute Gasteiger partial charge is 0.0754 e. The summed E-state index contributed by atoms with van der Waals surface area (Å²) in [7, 11) is 0. The first-order valence-corrected chi connectivity index (χ1v) is 7.33. The summed E-state index contributed by atoms with van der Waals surface area (Å²) in [6.45, 7) is 9.17. The van der Waals surface area contributed by atoms with Gasteiger partial charge in [0.05, 0.1) is 11.7 Å². The minimum absolute atomic E-state index is 0.0821. The van der Waals surface area contributed by atoms with Gasteiger partial charge in [-0.05, 0) is 55.6 Å². The summed E-state index contributed by atoms with van der Waals surface area (Å²) in [6, 6.07) is 8.47. The van der Waals surface area contributed by atoms with Gasteiger partial charge in [-0.1, -0.05) is 36.7 Å². The Morgan fingerprint density at radius 1 is 1.15 bits per heavy atom. The Morgan fingerprint density at radius 3 is 2.50 bits per heavy atom. The normalized spacial score (nSPS) is 12.4. The van der Waals surface area contributed by atoms with Crippen LogP contribution in [0, 0.1) is 20.8 Å². The molecule has 0 aliphatic rings. The van der Waals surface area contributed by atoms with E-state index in [0.29, 0.717) is 0 Å². The second-order valence-electron chi connectivity index (χ2n) is 5.21. The lowest BCUT2D eigenvalue weighted by Gasteiger charge is -2.20. The summed E-state index contributed by atoms with van der Waals surface area (Å²) < 4.78 is 0. The zero-order chi connectivity index (χ0) is 14.7. The molecule has 1 unspecified atom stereocenters. The number of aryl methyl sites for hydroxylation is 3. The molecular weight excluding hydrogens is 268 g/mol. The first kappa shape index (κ1) is 15.0. The number of hydrogen-bond acceptors (Lipinski definition) is 2. The third kappa shape index (κ3) is 3.20. The first-order chi connectivity index (χ1) is 9.52. The summed E-state index contributed by atoms with van der Waals surface area (Å²) >= 11 is 6.26. The second-order valence-corrected chi connectivity index (χ2v) is 5.62. The molecule has 0 spiro atoms. The van der Waals surface area contributed by atoms with Gasteiger partial charge in [-0.3, -0.25) is 4.98 Å². The molecule has 0 radical (unpaired) electrons. The Bertz CT molecular complexity index is 608. The maximum absolute atomic E-state index is 6.26.